The summed E-state index contributed by atoms with van der Waals surface area (Å²) >= 11 is 1.44. The lowest BCUT2D eigenvalue weighted by Crippen LogP contribution is -2.13. The van der Waals surface area contributed by atoms with Crippen LogP contribution in [0.2, 0.25) is 0 Å². The summed E-state index contributed by atoms with van der Waals surface area (Å²) in [5.74, 6) is -0.208. The summed E-state index contributed by atoms with van der Waals surface area (Å²) in [5.41, 5.74) is 2.06. The molecule has 26 heavy (non-hydrogen) atoms. The molecule has 8 heteroatoms. The van der Waals surface area contributed by atoms with Crippen LogP contribution in [0.1, 0.15) is 67.1 Å². The van der Waals surface area contributed by atoms with E-state index in [0.717, 1.165) is 34.6 Å². The molecule has 3 heterocycles. The number of amides is 1. The Labute approximate surface area is 156 Å². The number of pyridine rings is 1. The van der Waals surface area contributed by atoms with E-state index in [1.54, 1.807) is 12.3 Å². The monoisotopic (exact) mass is 372 g/mol. The van der Waals surface area contributed by atoms with Gasteiger partial charge in [0.25, 0.3) is 5.91 Å². The minimum absolute atomic E-state index is 0.173. The van der Waals surface area contributed by atoms with Crippen molar-refractivity contribution in [3.63, 3.8) is 0 Å². The van der Waals surface area contributed by atoms with Gasteiger partial charge in [-0.1, -0.05) is 31.1 Å². The number of carbonyl (C=O) groups is 1. The predicted molar refractivity (Wildman–Crippen MR) is 104 cm³/mol. The highest BCUT2D eigenvalue weighted by Crippen LogP contribution is 2.23. The number of rotatable bonds is 7. The van der Waals surface area contributed by atoms with E-state index in [1.807, 2.05) is 25.5 Å². The van der Waals surface area contributed by atoms with Crippen LogP contribution in [-0.2, 0) is 6.42 Å². The maximum Gasteiger partial charge on any atom is 0.258 e. The number of nitrogens with zero attached hydrogens (tertiary/aromatic N) is 5. The maximum absolute atomic E-state index is 12.8. The van der Waals surface area contributed by atoms with E-state index in [1.165, 1.54) is 24.2 Å². The molecule has 0 saturated carbocycles. The summed E-state index contributed by atoms with van der Waals surface area (Å²) < 4.78 is 1.83. The molecule has 0 aliphatic rings. The van der Waals surface area contributed by atoms with Crippen molar-refractivity contribution in [2.24, 2.45) is 0 Å². The van der Waals surface area contributed by atoms with Gasteiger partial charge in [-0.15, -0.1) is 10.2 Å². The molecule has 0 fully saturated rings. The number of aromatic nitrogens is 5. The highest BCUT2D eigenvalue weighted by Gasteiger charge is 2.18. The summed E-state index contributed by atoms with van der Waals surface area (Å²) in [7, 11) is 0. The average Bonchev–Trinajstić information content (AvgIpc) is 3.21. The van der Waals surface area contributed by atoms with Crippen molar-refractivity contribution in [3.8, 4) is 0 Å². The number of anilines is 1. The first kappa shape index (κ1) is 18.4. The lowest BCUT2D eigenvalue weighted by molar-refractivity contribution is 0.102. The molecule has 3 aromatic heterocycles. The second-order valence-corrected chi connectivity index (χ2v) is 7.71. The molecule has 0 atom stereocenters. The lowest BCUT2D eigenvalue weighted by Gasteiger charge is -2.08. The summed E-state index contributed by atoms with van der Waals surface area (Å²) in [6.45, 7) is 8.13. The predicted octanol–water partition coefficient (Wildman–Crippen LogP) is 4.16. The van der Waals surface area contributed by atoms with Gasteiger partial charge >= 0.3 is 0 Å². The molecular formula is C18H24N6OS. The fourth-order valence-corrected chi connectivity index (χ4v) is 3.58. The van der Waals surface area contributed by atoms with E-state index in [-0.39, 0.29) is 11.9 Å². The van der Waals surface area contributed by atoms with Crippen LogP contribution < -0.4 is 5.32 Å². The molecule has 0 spiro atoms. The number of nitrogens with one attached hydrogen (secondary N) is 1. The molecule has 0 unspecified atom stereocenters. The topological polar surface area (TPSA) is 85.6 Å². The first-order chi connectivity index (χ1) is 12.5. The molecule has 7 nitrogen and oxygen atoms in total. The first-order valence-corrected chi connectivity index (χ1v) is 9.79. The Morgan fingerprint density at radius 3 is 2.85 bits per heavy atom. The molecule has 138 valence electrons. The number of hydrogen-bond donors (Lipinski definition) is 1. The van der Waals surface area contributed by atoms with Crippen LogP contribution in [0.15, 0.2) is 12.3 Å². The molecule has 1 N–H and O–H groups in total. The van der Waals surface area contributed by atoms with Crippen molar-refractivity contribution in [1.29, 1.82) is 0 Å². The normalized spacial score (nSPS) is 11.4. The van der Waals surface area contributed by atoms with Crippen molar-refractivity contribution in [2.75, 3.05) is 5.32 Å². The minimum Gasteiger partial charge on any atom is -0.296 e. The molecule has 3 rings (SSSR count). The second-order valence-electron chi connectivity index (χ2n) is 6.64. The summed E-state index contributed by atoms with van der Waals surface area (Å²) in [6.07, 6.45) is 6.05. The van der Waals surface area contributed by atoms with Gasteiger partial charge in [-0.3, -0.25) is 10.1 Å². The van der Waals surface area contributed by atoms with Gasteiger partial charge in [0.05, 0.1) is 17.1 Å². The molecule has 1 amide bonds. The molecule has 0 bridgehead atoms. The standard InChI is InChI=1S/C18H24N6OS/c1-5-6-7-8-15-22-23-18(26-15)21-17(25)13-9-12(4)20-16-14(13)10-19-24(16)11(2)3/h9-11H,5-8H2,1-4H3,(H,21,23,25). The van der Waals surface area contributed by atoms with Crippen LogP contribution in [0.4, 0.5) is 5.13 Å². The first-order valence-electron chi connectivity index (χ1n) is 8.98. The van der Waals surface area contributed by atoms with Crippen LogP contribution in [-0.4, -0.2) is 30.9 Å². The van der Waals surface area contributed by atoms with E-state index in [0.29, 0.717) is 10.7 Å². The molecule has 0 aromatic carbocycles. The summed E-state index contributed by atoms with van der Waals surface area (Å²) in [6, 6.07) is 1.96. The molecule has 0 aliphatic heterocycles. The fourth-order valence-electron chi connectivity index (χ4n) is 2.80. The number of unbranched alkanes of at least 4 members (excludes halogenated alkanes) is 2. The van der Waals surface area contributed by atoms with E-state index < -0.39 is 0 Å². The van der Waals surface area contributed by atoms with Crippen LogP contribution in [0, 0.1) is 6.92 Å². The Bertz CT molecular complexity index is 914. The molecular weight excluding hydrogens is 348 g/mol. The van der Waals surface area contributed by atoms with Gasteiger partial charge in [0.1, 0.15) is 5.01 Å². The fraction of sp³-hybridized carbons (Fsp3) is 0.500. The zero-order valence-corrected chi connectivity index (χ0v) is 16.4. The van der Waals surface area contributed by atoms with E-state index in [2.05, 4.69) is 32.5 Å². The number of carbonyl (C=O) groups excluding carboxylic acids is 1. The number of hydrogen-bond acceptors (Lipinski definition) is 6. The largest absolute Gasteiger partial charge is 0.296 e. The van der Waals surface area contributed by atoms with Crippen LogP contribution in [0.5, 0.6) is 0 Å². The van der Waals surface area contributed by atoms with Crippen molar-refractivity contribution in [2.45, 2.75) is 59.4 Å². The van der Waals surface area contributed by atoms with Gasteiger partial charge in [-0.05, 0) is 33.3 Å². The highest BCUT2D eigenvalue weighted by molar-refractivity contribution is 7.15. The van der Waals surface area contributed by atoms with Gasteiger partial charge < -0.3 is 0 Å². The van der Waals surface area contributed by atoms with Crippen molar-refractivity contribution < 1.29 is 4.79 Å². The third-order valence-corrected chi connectivity index (χ3v) is 5.01. The zero-order valence-electron chi connectivity index (χ0n) is 15.6. The van der Waals surface area contributed by atoms with Crippen LogP contribution in [0.3, 0.4) is 0 Å². The molecule has 0 radical (unpaired) electrons. The minimum atomic E-state index is -0.208. The molecule has 0 aliphatic carbocycles. The van der Waals surface area contributed by atoms with E-state index in [4.69, 9.17) is 0 Å². The maximum atomic E-state index is 12.8. The van der Waals surface area contributed by atoms with Gasteiger partial charge in [-0.25, -0.2) is 9.67 Å². The number of fused-ring (bicyclic) bond motifs is 1. The third-order valence-electron chi connectivity index (χ3n) is 4.11. The van der Waals surface area contributed by atoms with Gasteiger partial charge in [0.15, 0.2) is 5.65 Å². The zero-order chi connectivity index (χ0) is 18.7. The Morgan fingerprint density at radius 1 is 1.31 bits per heavy atom. The second kappa shape index (κ2) is 7.90. The van der Waals surface area contributed by atoms with Gasteiger partial charge in [-0.2, -0.15) is 5.10 Å². The Hall–Kier alpha value is -2.35. The van der Waals surface area contributed by atoms with Crippen LogP contribution >= 0.6 is 11.3 Å². The SMILES string of the molecule is CCCCCc1nnc(NC(=O)c2cc(C)nc3c2cnn3C(C)C)s1. The number of aryl methyl sites for hydroxylation is 2. The van der Waals surface area contributed by atoms with Crippen LogP contribution in [0.25, 0.3) is 11.0 Å². The average molecular weight is 372 g/mol. The van der Waals surface area contributed by atoms with Crippen molar-refractivity contribution in [1.82, 2.24) is 25.0 Å². The summed E-state index contributed by atoms with van der Waals surface area (Å²) in [4.78, 5) is 17.3. The molecule has 3 aromatic rings. The Morgan fingerprint density at radius 2 is 2.12 bits per heavy atom. The lowest BCUT2D eigenvalue weighted by atomic mass is 10.1. The van der Waals surface area contributed by atoms with E-state index in [9.17, 15) is 4.79 Å². The van der Waals surface area contributed by atoms with E-state index >= 15 is 0 Å². The van der Waals surface area contributed by atoms with Crippen molar-refractivity contribution >= 4 is 33.4 Å². The third kappa shape index (κ3) is 3.90. The van der Waals surface area contributed by atoms with Gasteiger partial charge in [0.2, 0.25) is 5.13 Å². The Kier molecular flexibility index (Phi) is 5.61. The smallest absolute Gasteiger partial charge is 0.258 e. The highest BCUT2D eigenvalue weighted by atomic mass is 32.1. The van der Waals surface area contributed by atoms with Crippen molar-refractivity contribution in [3.05, 3.63) is 28.5 Å². The molecule has 0 saturated heterocycles. The summed E-state index contributed by atoms with van der Waals surface area (Å²) in [5, 5.41) is 17.7. The quantitative estimate of drug-likeness (QED) is 0.630. The Balaban J connectivity index is 1.82. The van der Waals surface area contributed by atoms with Gasteiger partial charge in [0, 0.05) is 18.2 Å².